The van der Waals surface area contributed by atoms with Gasteiger partial charge in [0.1, 0.15) is 0 Å². The molecule has 1 heteroatoms. The van der Waals surface area contributed by atoms with Crippen molar-refractivity contribution in [1.82, 2.24) is 5.32 Å². The van der Waals surface area contributed by atoms with Gasteiger partial charge < -0.3 is 5.32 Å². The van der Waals surface area contributed by atoms with E-state index in [1.807, 2.05) is 0 Å². The molecule has 0 aromatic rings. The monoisotopic (exact) mass is 169 g/mol. The van der Waals surface area contributed by atoms with Crippen molar-refractivity contribution in [2.45, 2.75) is 46.5 Å². The van der Waals surface area contributed by atoms with Crippen LogP contribution in [0.15, 0.2) is 0 Å². The first kappa shape index (κ1) is 10.0. The topological polar surface area (TPSA) is 12.0 Å². The second-order valence-corrected chi connectivity index (χ2v) is 4.51. The van der Waals surface area contributed by atoms with E-state index in [2.05, 4.69) is 26.1 Å². The van der Waals surface area contributed by atoms with Crippen molar-refractivity contribution < 1.29 is 0 Å². The minimum absolute atomic E-state index is 0.704. The van der Waals surface area contributed by atoms with Crippen LogP contribution in [0.2, 0.25) is 0 Å². The minimum atomic E-state index is 0.704. The molecule has 2 unspecified atom stereocenters. The first-order valence-electron chi connectivity index (χ1n) is 5.43. The Hall–Kier alpha value is -0.0400. The predicted molar refractivity (Wildman–Crippen MR) is 54.3 cm³/mol. The molecule has 1 aliphatic rings. The second-order valence-electron chi connectivity index (χ2n) is 4.51. The van der Waals surface area contributed by atoms with Gasteiger partial charge in [0.15, 0.2) is 0 Å². The van der Waals surface area contributed by atoms with E-state index in [0.29, 0.717) is 5.41 Å². The third-order valence-corrected chi connectivity index (χ3v) is 3.18. The molecule has 0 bridgehead atoms. The van der Waals surface area contributed by atoms with Gasteiger partial charge >= 0.3 is 0 Å². The molecule has 72 valence electrons. The summed E-state index contributed by atoms with van der Waals surface area (Å²) in [6.45, 7) is 9.41. The van der Waals surface area contributed by atoms with Crippen molar-refractivity contribution in [3.63, 3.8) is 0 Å². The third-order valence-electron chi connectivity index (χ3n) is 3.18. The molecule has 1 rings (SSSR count). The van der Waals surface area contributed by atoms with Crippen LogP contribution >= 0.6 is 0 Å². The van der Waals surface area contributed by atoms with Crippen molar-refractivity contribution in [3.05, 3.63) is 0 Å². The summed E-state index contributed by atoms with van der Waals surface area (Å²) in [5, 5.41) is 3.51. The molecule has 0 amide bonds. The van der Waals surface area contributed by atoms with E-state index in [9.17, 15) is 0 Å². The second kappa shape index (κ2) is 4.27. The van der Waals surface area contributed by atoms with Crippen molar-refractivity contribution in [3.8, 4) is 0 Å². The zero-order valence-electron chi connectivity index (χ0n) is 8.82. The molecule has 0 spiro atoms. The van der Waals surface area contributed by atoms with Crippen LogP contribution in [0.4, 0.5) is 0 Å². The average molecular weight is 169 g/mol. The zero-order chi connectivity index (χ0) is 9.03. The highest BCUT2D eigenvalue weighted by Crippen LogP contribution is 2.54. The largest absolute Gasteiger partial charge is 0.316 e. The van der Waals surface area contributed by atoms with Crippen LogP contribution in [-0.4, -0.2) is 13.1 Å². The lowest BCUT2D eigenvalue weighted by Gasteiger charge is -2.09. The molecule has 1 fully saturated rings. The molecule has 0 aliphatic heterocycles. The molecule has 0 heterocycles. The molecule has 1 saturated carbocycles. The van der Waals surface area contributed by atoms with Crippen LogP contribution in [0.1, 0.15) is 46.5 Å². The van der Waals surface area contributed by atoms with Crippen LogP contribution in [-0.2, 0) is 0 Å². The lowest BCUT2D eigenvalue weighted by atomic mass is 10.0. The summed E-state index contributed by atoms with van der Waals surface area (Å²) in [4.78, 5) is 0. The molecular formula is C11H23N. The third kappa shape index (κ3) is 2.48. The highest BCUT2D eigenvalue weighted by atomic mass is 14.9. The van der Waals surface area contributed by atoms with Crippen LogP contribution in [0, 0.1) is 11.3 Å². The molecular weight excluding hydrogens is 146 g/mol. The van der Waals surface area contributed by atoms with Gasteiger partial charge in [0.05, 0.1) is 0 Å². The van der Waals surface area contributed by atoms with E-state index in [0.717, 1.165) is 5.92 Å². The summed E-state index contributed by atoms with van der Waals surface area (Å²) < 4.78 is 0. The van der Waals surface area contributed by atoms with Crippen LogP contribution < -0.4 is 5.32 Å². The standard InChI is InChI=1S/C11H23N/c1-4-6-11(3)8-10(11)9-12-7-5-2/h10,12H,4-9H2,1-3H3. The fraction of sp³-hybridized carbons (Fsp3) is 1.00. The van der Waals surface area contributed by atoms with Crippen LogP contribution in [0.25, 0.3) is 0 Å². The predicted octanol–water partition coefficient (Wildman–Crippen LogP) is 2.81. The summed E-state index contributed by atoms with van der Waals surface area (Å²) in [7, 11) is 0. The number of hydrogen-bond acceptors (Lipinski definition) is 1. The molecule has 1 aliphatic carbocycles. The van der Waals surface area contributed by atoms with E-state index in [1.165, 1.54) is 38.8 Å². The molecule has 0 aromatic carbocycles. The minimum Gasteiger partial charge on any atom is -0.316 e. The summed E-state index contributed by atoms with van der Waals surface area (Å²) >= 11 is 0. The lowest BCUT2D eigenvalue weighted by Crippen LogP contribution is -2.19. The lowest BCUT2D eigenvalue weighted by molar-refractivity contribution is 0.440. The van der Waals surface area contributed by atoms with E-state index in [-0.39, 0.29) is 0 Å². The normalized spacial score (nSPS) is 33.8. The van der Waals surface area contributed by atoms with Gasteiger partial charge in [0, 0.05) is 0 Å². The highest BCUT2D eigenvalue weighted by molar-refractivity contribution is 4.99. The fourth-order valence-corrected chi connectivity index (χ4v) is 2.15. The molecule has 0 aromatic heterocycles. The number of hydrogen-bond donors (Lipinski definition) is 1. The Morgan fingerprint density at radius 3 is 2.67 bits per heavy atom. The molecule has 2 atom stereocenters. The molecule has 1 N–H and O–H groups in total. The van der Waals surface area contributed by atoms with Crippen molar-refractivity contribution in [1.29, 1.82) is 0 Å². The average Bonchev–Trinajstić information content (AvgIpc) is 2.63. The smallest absolute Gasteiger partial charge is 0.00151 e. The van der Waals surface area contributed by atoms with Crippen LogP contribution in [0.5, 0.6) is 0 Å². The first-order chi connectivity index (χ1) is 5.73. The van der Waals surface area contributed by atoms with Gasteiger partial charge in [-0.2, -0.15) is 0 Å². The maximum atomic E-state index is 3.51. The summed E-state index contributed by atoms with van der Waals surface area (Å²) in [6, 6.07) is 0. The zero-order valence-corrected chi connectivity index (χ0v) is 8.82. The Labute approximate surface area is 76.9 Å². The van der Waals surface area contributed by atoms with Crippen molar-refractivity contribution >= 4 is 0 Å². The number of rotatable bonds is 6. The summed E-state index contributed by atoms with van der Waals surface area (Å²) in [5.74, 6) is 0.976. The fourth-order valence-electron chi connectivity index (χ4n) is 2.15. The van der Waals surface area contributed by atoms with Crippen molar-refractivity contribution in [2.24, 2.45) is 11.3 Å². The maximum Gasteiger partial charge on any atom is -0.00151 e. The Morgan fingerprint density at radius 2 is 2.08 bits per heavy atom. The van der Waals surface area contributed by atoms with E-state index >= 15 is 0 Å². The van der Waals surface area contributed by atoms with E-state index in [4.69, 9.17) is 0 Å². The van der Waals surface area contributed by atoms with Gasteiger partial charge in [-0.25, -0.2) is 0 Å². The van der Waals surface area contributed by atoms with E-state index in [1.54, 1.807) is 0 Å². The van der Waals surface area contributed by atoms with Gasteiger partial charge in [-0.3, -0.25) is 0 Å². The molecule has 1 nitrogen and oxygen atoms in total. The molecule has 12 heavy (non-hydrogen) atoms. The van der Waals surface area contributed by atoms with E-state index < -0.39 is 0 Å². The van der Waals surface area contributed by atoms with Gasteiger partial charge in [0.2, 0.25) is 0 Å². The van der Waals surface area contributed by atoms with Gasteiger partial charge in [0.25, 0.3) is 0 Å². The van der Waals surface area contributed by atoms with Crippen molar-refractivity contribution in [2.75, 3.05) is 13.1 Å². The summed E-state index contributed by atoms with van der Waals surface area (Å²) in [6.07, 6.45) is 5.49. The van der Waals surface area contributed by atoms with Crippen LogP contribution in [0.3, 0.4) is 0 Å². The number of nitrogens with one attached hydrogen (secondary N) is 1. The Kier molecular flexibility index (Phi) is 3.57. The van der Waals surface area contributed by atoms with Gasteiger partial charge in [-0.05, 0) is 43.7 Å². The Bertz CT molecular complexity index is 133. The Balaban J connectivity index is 2.06. The Morgan fingerprint density at radius 1 is 1.33 bits per heavy atom. The van der Waals surface area contributed by atoms with Gasteiger partial charge in [-0.15, -0.1) is 0 Å². The SMILES string of the molecule is CCCNCC1CC1(C)CCC. The maximum absolute atomic E-state index is 3.51. The molecule has 0 saturated heterocycles. The quantitative estimate of drug-likeness (QED) is 0.603. The first-order valence-corrected chi connectivity index (χ1v) is 5.43. The summed E-state index contributed by atoms with van der Waals surface area (Å²) in [5.41, 5.74) is 0.704. The highest BCUT2D eigenvalue weighted by Gasteiger charge is 2.47. The van der Waals surface area contributed by atoms with Gasteiger partial charge in [-0.1, -0.05) is 27.2 Å². The molecule has 0 radical (unpaired) electrons.